The fraction of sp³-hybridized carbons (Fsp3) is 0.163. The van der Waals surface area contributed by atoms with Gasteiger partial charge in [-0.1, -0.05) is 114 Å². The van der Waals surface area contributed by atoms with Crippen LogP contribution in [0.1, 0.15) is 52.7 Å². The molecule has 6 aromatic carbocycles. The highest BCUT2D eigenvalue weighted by atomic mass is 32.1. The number of aromatic nitrogens is 1. The minimum atomic E-state index is 0.0133. The lowest BCUT2D eigenvalue weighted by atomic mass is 9.33. The first-order valence-electron chi connectivity index (χ1n) is 19.2. The van der Waals surface area contributed by atoms with Crippen LogP contribution in [0.4, 0.5) is 34.1 Å². The Labute approximate surface area is 330 Å². The number of nitrogens with zero attached hydrogens (tertiary/aromatic N) is 3. The van der Waals surface area contributed by atoms with E-state index in [1.54, 1.807) is 0 Å². The van der Waals surface area contributed by atoms with Crippen molar-refractivity contribution in [3.63, 3.8) is 0 Å². The molecule has 11 rings (SSSR count). The molecule has 0 aliphatic carbocycles. The Hall–Kier alpha value is -5.43. The van der Waals surface area contributed by atoms with Crippen molar-refractivity contribution in [3.05, 3.63) is 145 Å². The number of anilines is 6. The standard InChI is InChI=1S/C49H40BN3S2/c1-48(2,3)29-15-19-31(20-16-29)52-37-27-51-28-38-45(37)50(35-23-25-41-43(46(35)52)33-11-7-9-13-39(33)54-41)36-24-26-42-44(34-12-8-10-14-40(34)55-42)47(36)53(38)32-21-17-30(18-22-32)49(4,5)6/h7-28H,1-6H3. The monoisotopic (exact) mass is 745 g/mol. The molecule has 5 heterocycles. The van der Waals surface area contributed by atoms with Gasteiger partial charge in [0, 0.05) is 51.7 Å². The molecule has 0 unspecified atom stereocenters. The highest BCUT2D eigenvalue weighted by molar-refractivity contribution is 7.26. The quantitative estimate of drug-likeness (QED) is 0.164. The molecule has 0 amide bonds. The first-order valence-corrected chi connectivity index (χ1v) is 20.9. The zero-order valence-corrected chi connectivity index (χ0v) is 33.6. The lowest BCUT2D eigenvalue weighted by Crippen LogP contribution is -2.61. The van der Waals surface area contributed by atoms with Crippen molar-refractivity contribution < 1.29 is 0 Å². The molecule has 0 bridgehead atoms. The van der Waals surface area contributed by atoms with Crippen LogP contribution in [0.5, 0.6) is 0 Å². The summed E-state index contributed by atoms with van der Waals surface area (Å²) in [5.74, 6) is 0. The Bertz CT molecular complexity index is 2810. The van der Waals surface area contributed by atoms with Gasteiger partial charge in [-0.05, 0) is 86.9 Å². The number of rotatable bonds is 2. The lowest BCUT2D eigenvalue weighted by molar-refractivity contribution is 0.590. The third-order valence-electron chi connectivity index (χ3n) is 11.9. The summed E-state index contributed by atoms with van der Waals surface area (Å²) in [6.45, 7) is 13.7. The number of thiophene rings is 2. The Kier molecular flexibility index (Phi) is 6.92. The van der Waals surface area contributed by atoms with Gasteiger partial charge in [-0.3, -0.25) is 4.98 Å². The van der Waals surface area contributed by atoms with Crippen LogP contribution in [-0.4, -0.2) is 11.7 Å². The van der Waals surface area contributed by atoms with E-state index in [4.69, 9.17) is 4.98 Å². The highest BCUT2D eigenvalue weighted by Crippen LogP contribution is 2.51. The minimum absolute atomic E-state index is 0.0133. The predicted molar refractivity (Wildman–Crippen MR) is 241 cm³/mol. The van der Waals surface area contributed by atoms with Crippen LogP contribution in [-0.2, 0) is 10.8 Å². The van der Waals surface area contributed by atoms with Gasteiger partial charge < -0.3 is 9.80 Å². The summed E-state index contributed by atoms with van der Waals surface area (Å²) < 4.78 is 5.23. The Balaban J connectivity index is 1.27. The third-order valence-corrected chi connectivity index (χ3v) is 14.1. The van der Waals surface area contributed by atoms with E-state index in [1.165, 1.54) is 79.2 Å². The largest absolute Gasteiger partial charge is 0.309 e. The second-order valence-electron chi connectivity index (χ2n) is 17.2. The van der Waals surface area contributed by atoms with Gasteiger partial charge in [0.05, 0.1) is 35.1 Å². The number of fused-ring (bicyclic) bond motifs is 12. The second-order valence-corrected chi connectivity index (χ2v) is 19.4. The van der Waals surface area contributed by atoms with E-state index in [1.807, 2.05) is 22.7 Å². The summed E-state index contributed by atoms with van der Waals surface area (Å²) in [6.07, 6.45) is 4.23. The van der Waals surface area contributed by atoms with Crippen LogP contribution in [0, 0.1) is 0 Å². The Morgan fingerprint density at radius 3 is 1.31 bits per heavy atom. The van der Waals surface area contributed by atoms with Crippen molar-refractivity contribution >= 4 is 120 Å². The average molecular weight is 746 g/mol. The van der Waals surface area contributed by atoms with E-state index in [-0.39, 0.29) is 17.5 Å². The van der Waals surface area contributed by atoms with E-state index >= 15 is 0 Å². The van der Waals surface area contributed by atoms with Gasteiger partial charge in [-0.25, -0.2) is 0 Å². The highest BCUT2D eigenvalue weighted by Gasteiger charge is 2.45. The second kappa shape index (κ2) is 11.5. The topological polar surface area (TPSA) is 19.4 Å². The van der Waals surface area contributed by atoms with Gasteiger partial charge in [-0.15, -0.1) is 22.7 Å². The van der Waals surface area contributed by atoms with E-state index < -0.39 is 0 Å². The molecule has 2 aliphatic heterocycles. The summed E-state index contributed by atoms with van der Waals surface area (Å²) in [7, 11) is 0. The van der Waals surface area contributed by atoms with Crippen LogP contribution in [0.15, 0.2) is 134 Å². The van der Waals surface area contributed by atoms with E-state index in [2.05, 4.69) is 185 Å². The first-order chi connectivity index (χ1) is 26.6. The van der Waals surface area contributed by atoms with Gasteiger partial charge in [-0.2, -0.15) is 0 Å². The molecule has 266 valence electrons. The van der Waals surface area contributed by atoms with Gasteiger partial charge in [0.2, 0.25) is 0 Å². The number of pyridine rings is 1. The summed E-state index contributed by atoms with van der Waals surface area (Å²) in [5.41, 5.74) is 13.8. The van der Waals surface area contributed by atoms with Crippen molar-refractivity contribution in [3.8, 4) is 0 Å². The molecule has 0 saturated carbocycles. The zero-order valence-electron chi connectivity index (χ0n) is 31.9. The molecule has 0 saturated heterocycles. The van der Waals surface area contributed by atoms with Gasteiger partial charge >= 0.3 is 0 Å². The van der Waals surface area contributed by atoms with E-state index in [0.29, 0.717) is 0 Å². The fourth-order valence-electron chi connectivity index (χ4n) is 9.15. The third kappa shape index (κ3) is 4.77. The molecular formula is C49H40BN3S2. The predicted octanol–water partition coefficient (Wildman–Crippen LogP) is 12.5. The molecule has 3 aromatic heterocycles. The van der Waals surface area contributed by atoms with Gasteiger partial charge in [0.25, 0.3) is 6.71 Å². The van der Waals surface area contributed by atoms with E-state index in [9.17, 15) is 0 Å². The minimum Gasteiger partial charge on any atom is -0.309 e. The van der Waals surface area contributed by atoms with Crippen molar-refractivity contribution in [2.75, 3.05) is 9.80 Å². The van der Waals surface area contributed by atoms with Crippen LogP contribution >= 0.6 is 22.7 Å². The van der Waals surface area contributed by atoms with Crippen molar-refractivity contribution in [1.29, 1.82) is 0 Å². The summed E-state index contributed by atoms with van der Waals surface area (Å²) in [6, 6.07) is 46.0. The smallest absolute Gasteiger partial charge is 0.252 e. The molecule has 3 nitrogen and oxygen atoms in total. The van der Waals surface area contributed by atoms with Crippen LogP contribution in [0.3, 0.4) is 0 Å². The summed E-state index contributed by atoms with van der Waals surface area (Å²) >= 11 is 3.77. The molecule has 0 atom stereocenters. The lowest BCUT2D eigenvalue weighted by Gasteiger charge is -2.44. The molecule has 6 heteroatoms. The molecule has 9 aromatic rings. The molecule has 0 spiro atoms. The maximum Gasteiger partial charge on any atom is 0.252 e. The normalized spacial score (nSPS) is 13.9. The van der Waals surface area contributed by atoms with Crippen molar-refractivity contribution in [1.82, 2.24) is 4.98 Å². The number of benzene rings is 6. The van der Waals surface area contributed by atoms with Crippen LogP contribution in [0.25, 0.3) is 40.3 Å². The maximum atomic E-state index is 5.13. The number of hydrogen-bond acceptors (Lipinski definition) is 5. The van der Waals surface area contributed by atoms with E-state index in [0.717, 1.165) is 22.7 Å². The Morgan fingerprint density at radius 2 is 0.891 bits per heavy atom. The summed E-state index contributed by atoms with van der Waals surface area (Å²) in [5, 5.41) is 5.24. The molecule has 55 heavy (non-hydrogen) atoms. The number of hydrogen-bond donors (Lipinski definition) is 0. The summed E-state index contributed by atoms with van der Waals surface area (Å²) in [4.78, 5) is 10.2. The molecule has 0 N–H and O–H groups in total. The first kappa shape index (κ1) is 33.0. The zero-order chi connectivity index (χ0) is 37.4. The van der Waals surface area contributed by atoms with Crippen LogP contribution in [0.2, 0.25) is 0 Å². The molecule has 2 aliphatic rings. The SMILES string of the molecule is CC(C)(C)c1ccc(N2c3cncc4c3B(c3ccc5sc6ccccc6c5c32)c2ccc3sc5ccccc5c3c2N4c2ccc(C(C)(C)C)cc2)cc1. The maximum absolute atomic E-state index is 5.13. The van der Waals surface area contributed by atoms with Gasteiger partial charge in [0.1, 0.15) is 0 Å². The van der Waals surface area contributed by atoms with Crippen molar-refractivity contribution in [2.24, 2.45) is 0 Å². The fourth-order valence-corrected chi connectivity index (χ4v) is 11.4. The average Bonchev–Trinajstić information content (AvgIpc) is 3.76. The van der Waals surface area contributed by atoms with Crippen LogP contribution < -0.4 is 26.2 Å². The molecular weight excluding hydrogens is 706 g/mol. The Morgan fingerprint density at radius 1 is 0.473 bits per heavy atom. The van der Waals surface area contributed by atoms with Gasteiger partial charge in [0.15, 0.2) is 0 Å². The van der Waals surface area contributed by atoms with Crippen molar-refractivity contribution in [2.45, 2.75) is 52.4 Å². The molecule has 0 fully saturated rings. The molecule has 0 radical (unpaired) electrons.